The van der Waals surface area contributed by atoms with Gasteiger partial charge in [0.15, 0.2) is 0 Å². The summed E-state index contributed by atoms with van der Waals surface area (Å²) in [6, 6.07) is 17.1. The number of hydrogen-bond acceptors (Lipinski definition) is 2. The molecule has 0 aliphatic rings. The van der Waals surface area contributed by atoms with Crippen molar-refractivity contribution in [1.29, 1.82) is 0 Å². The number of amides is 2. The van der Waals surface area contributed by atoms with Crippen LogP contribution in [0.4, 0.5) is 0 Å². The Morgan fingerprint density at radius 3 is 2.46 bits per heavy atom. The summed E-state index contributed by atoms with van der Waals surface area (Å²) in [5, 5.41) is 5.37. The van der Waals surface area contributed by atoms with Crippen molar-refractivity contribution in [3.63, 3.8) is 0 Å². The maximum Gasteiger partial charge on any atom is 0.252 e. The van der Waals surface area contributed by atoms with Crippen LogP contribution in [0.3, 0.4) is 0 Å². The van der Waals surface area contributed by atoms with Gasteiger partial charge in [0.05, 0.1) is 0 Å². The van der Waals surface area contributed by atoms with E-state index in [0.29, 0.717) is 21.2 Å². The number of primary amides is 1. The largest absolute Gasteiger partial charge is 0.368 e. The summed E-state index contributed by atoms with van der Waals surface area (Å²) in [7, 11) is 0. The van der Waals surface area contributed by atoms with Crippen LogP contribution < -0.4 is 11.1 Å². The molecule has 6 heteroatoms. The summed E-state index contributed by atoms with van der Waals surface area (Å²) < 4.78 is 0. The van der Waals surface area contributed by atoms with Crippen molar-refractivity contribution < 1.29 is 9.59 Å². The molecule has 1 atom stereocenters. The number of nitrogens with two attached hydrogens (primary N) is 1. The van der Waals surface area contributed by atoms with Gasteiger partial charge in [-0.2, -0.15) is 0 Å². The molecular weight excluding hydrogens is 371 g/mol. The number of fused-ring (bicyclic) bond motifs is 1. The molecule has 3 aromatic rings. The van der Waals surface area contributed by atoms with Gasteiger partial charge in [-0.05, 0) is 34.5 Å². The summed E-state index contributed by atoms with van der Waals surface area (Å²) >= 11 is 12.1. The molecule has 3 rings (SSSR count). The molecule has 0 saturated heterocycles. The van der Waals surface area contributed by atoms with Gasteiger partial charge in [0.2, 0.25) is 5.91 Å². The minimum absolute atomic E-state index is 0.182. The molecule has 2 amide bonds. The summed E-state index contributed by atoms with van der Waals surface area (Å²) in [6.07, 6.45) is 0.182. The fourth-order valence-electron chi connectivity index (χ4n) is 2.79. The fraction of sp³-hybridized carbons (Fsp3) is 0.100. The molecule has 3 N–H and O–H groups in total. The highest BCUT2D eigenvalue weighted by Crippen LogP contribution is 2.23. The summed E-state index contributed by atoms with van der Waals surface area (Å²) in [6.45, 7) is 0. The Bertz CT molecular complexity index is 983. The van der Waals surface area contributed by atoms with Gasteiger partial charge in [-0.25, -0.2) is 0 Å². The third kappa shape index (κ3) is 3.98. The molecule has 0 radical (unpaired) electrons. The third-order valence-electron chi connectivity index (χ3n) is 4.12. The second kappa shape index (κ2) is 7.77. The van der Waals surface area contributed by atoms with Crippen molar-refractivity contribution >= 4 is 45.8 Å². The summed E-state index contributed by atoms with van der Waals surface area (Å²) in [4.78, 5) is 24.6. The Morgan fingerprint density at radius 1 is 1.00 bits per heavy atom. The van der Waals surface area contributed by atoms with Crippen LogP contribution in [0.1, 0.15) is 15.9 Å². The van der Waals surface area contributed by atoms with E-state index in [4.69, 9.17) is 28.9 Å². The van der Waals surface area contributed by atoms with E-state index in [1.165, 1.54) is 0 Å². The SMILES string of the molecule is NC(=O)[C@@H](Cc1ccc(Cl)cc1Cl)NC(=O)c1cccc2ccccc12. The van der Waals surface area contributed by atoms with Crippen LogP contribution in [0.5, 0.6) is 0 Å². The van der Waals surface area contributed by atoms with Gasteiger partial charge in [0.25, 0.3) is 5.91 Å². The Balaban J connectivity index is 1.85. The van der Waals surface area contributed by atoms with E-state index in [0.717, 1.165) is 10.8 Å². The Kier molecular flexibility index (Phi) is 5.45. The third-order valence-corrected chi connectivity index (χ3v) is 4.71. The van der Waals surface area contributed by atoms with Crippen LogP contribution in [0, 0.1) is 0 Å². The lowest BCUT2D eigenvalue weighted by molar-refractivity contribution is -0.119. The van der Waals surface area contributed by atoms with Gasteiger partial charge in [-0.3, -0.25) is 9.59 Å². The van der Waals surface area contributed by atoms with E-state index in [1.54, 1.807) is 30.3 Å². The molecule has 0 aliphatic heterocycles. The standard InChI is InChI=1S/C20H16Cl2N2O2/c21-14-9-8-13(17(22)11-14)10-18(19(23)25)24-20(26)16-7-3-5-12-4-1-2-6-15(12)16/h1-9,11,18H,10H2,(H2,23,25)(H,24,26)/t18-/m1/s1. The van der Waals surface area contributed by atoms with Crippen molar-refractivity contribution in [3.05, 3.63) is 81.8 Å². The maximum atomic E-state index is 12.7. The van der Waals surface area contributed by atoms with E-state index in [-0.39, 0.29) is 12.3 Å². The van der Waals surface area contributed by atoms with Crippen molar-refractivity contribution in [3.8, 4) is 0 Å². The van der Waals surface area contributed by atoms with Gasteiger partial charge in [-0.1, -0.05) is 65.7 Å². The number of nitrogens with one attached hydrogen (secondary N) is 1. The zero-order chi connectivity index (χ0) is 18.7. The molecule has 4 nitrogen and oxygen atoms in total. The second-order valence-corrected chi connectivity index (χ2v) is 6.74. The van der Waals surface area contributed by atoms with Gasteiger partial charge < -0.3 is 11.1 Å². The summed E-state index contributed by atoms with van der Waals surface area (Å²) in [5.41, 5.74) is 6.64. The maximum absolute atomic E-state index is 12.7. The van der Waals surface area contributed by atoms with Crippen LogP contribution in [0.2, 0.25) is 10.0 Å². The van der Waals surface area contributed by atoms with Crippen LogP contribution >= 0.6 is 23.2 Å². The molecule has 0 spiro atoms. The highest BCUT2D eigenvalue weighted by atomic mass is 35.5. The van der Waals surface area contributed by atoms with E-state index in [9.17, 15) is 9.59 Å². The van der Waals surface area contributed by atoms with Crippen LogP contribution in [-0.2, 0) is 11.2 Å². The predicted molar refractivity (Wildman–Crippen MR) is 105 cm³/mol. The summed E-state index contributed by atoms with van der Waals surface area (Å²) in [5.74, 6) is -1.000. The van der Waals surface area contributed by atoms with Crippen LogP contribution in [0.15, 0.2) is 60.7 Å². The molecule has 0 heterocycles. The lowest BCUT2D eigenvalue weighted by atomic mass is 10.0. The number of carbonyl (C=O) groups excluding carboxylic acids is 2. The van der Waals surface area contributed by atoms with Gasteiger partial charge in [0.1, 0.15) is 6.04 Å². The molecule has 0 bridgehead atoms. The predicted octanol–water partition coefficient (Wildman–Crippen LogP) is 3.97. The average molecular weight is 387 g/mol. The van der Waals surface area contributed by atoms with Crippen LogP contribution in [-0.4, -0.2) is 17.9 Å². The molecule has 0 aliphatic carbocycles. The van der Waals surface area contributed by atoms with Crippen molar-refractivity contribution in [1.82, 2.24) is 5.32 Å². The Labute approximate surface area is 160 Å². The first-order valence-corrected chi connectivity index (χ1v) is 8.73. The number of halogens is 2. The number of hydrogen-bond donors (Lipinski definition) is 2. The lowest BCUT2D eigenvalue weighted by Gasteiger charge is -2.17. The average Bonchev–Trinajstić information content (AvgIpc) is 2.62. The van der Waals surface area contributed by atoms with Crippen molar-refractivity contribution in [2.75, 3.05) is 0 Å². The first-order valence-electron chi connectivity index (χ1n) is 7.97. The molecule has 0 aromatic heterocycles. The normalized spacial score (nSPS) is 11.9. The van der Waals surface area contributed by atoms with E-state index < -0.39 is 11.9 Å². The molecule has 0 saturated carbocycles. The number of rotatable bonds is 5. The first-order chi connectivity index (χ1) is 12.5. The van der Waals surface area contributed by atoms with Crippen molar-refractivity contribution in [2.24, 2.45) is 5.73 Å². The first kappa shape index (κ1) is 18.2. The highest BCUT2D eigenvalue weighted by molar-refractivity contribution is 6.35. The lowest BCUT2D eigenvalue weighted by Crippen LogP contribution is -2.45. The van der Waals surface area contributed by atoms with Crippen molar-refractivity contribution in [2.45, 2.75) is 12.5 Å². The van der Waals surface area contributed by atoms with E-state index in [2.05, 4.69) is 5.32 Å². The number of carbonyl (C=O) groups is 2. The highest BCUT2D eigenvalue weighted by Gasteiger charge is 2.21. The zero-order valence-corrected chi connectivity index (χ0v) is 15.2. The second-order valence-electron chi connectivity index (χ2n) is 5.89. The van der Waals surface area contributed by atoms with Crippen LogP contribution in [0.25, 0.3) is 10.8 Å². The minimum Gasteiger partial charge on any atom is -0.368 e. The zero-order valence-electron chi connectivity index (χ0n) is 13.7. The van der Waals surface area contributed by atoms with E-state index in [1.807, 2.05) is 30.3 Å². The van der Waals surface area contributed by atoms with E-state index >= 15 is 0 Å². The molecule has 0 fully saturated rings. The smallest absolute Gasteiger partial charge is 0.252 e. The molecule has 3 aromatic carbocycles. The quantitative estimate of drug-likeness (QED) is 0.695. The molecule has 0 unspecified atom stereocenters. The van der Waals surface area contributed by atoms with Gasteiger partial charge in [0, 0.05) is 22.0 Å². The minimum atomic E-state index is -0.889. The number of benzene rings is 3. The Morgan fingerprint density at radius 2 is 1.73 bits per heavy atom. The van der Waals surface area contributed by atoms with Gasteiger partial charge in [-0.15, -0.1) is 0 Å². The Hall–Kier alpha value is -2.56. The molecular formula is C20H16Cl2N2O2. The monoisotopic (exact) mass is 386 g/mol. The fourth-order valence-corrected chi connectivity index (χ4v) is 3.27. The topological polar surface area (TPSA) is 72.2 Å². The molecule has 26 heavy (non-hydrogen) atoms. The van der Waals surface area contributed by atoms with Gasteiger partial charge >= 0.3 is 0 Å². The molecule has 132 valence electrons.